The zero-order valence-electron chi connectivity index (χ0n) is 12.1. The Kier molecular flexibility index (Phi) is 3.34. The van der Waals surface area contributed by atoms with Crippen LogP contribution in [0.1, 0.15) is 42.2 Å². The molecule has 1 N–H and O–H groups in total. The molecule has 9 heteroatoms. The molecular formula is C13H15N7OS. The molecule has 1 atom stereocenters. The van der Waals surface area contributed by atoms with E-state index < -0.39 is 0 Å². The van der Waals surface area contributed by atoms with E-state index in [9.17, 15) is 0 Å². The Labute approximate surface area is 130 Å². The van der Waals surface area contributed by atoms with Crippen LogP contribution >= 0.6 is 11.3 Å². The van der Waals surface area contributed by atoms with Crippen LogP contribution in [0.15, 0.2) is 16.1 Å². The highest BCUT2D eigenvalue weighted by Gasteiger charge is 2.32. The molecule has 8 nitrogen and oxygen atoms in total. The summed E-state index contributed by atoms with van der Waals surface area (Å²) in [5, 5.41) is 14.0. The summed E-state index contributed by atoms with van der Waals surface area (Å²) in [5.74, 6) is 2.72. The molecule has 1 saturated heterocycles. The Bertz CT molecular complexity index is 750. The quantitative estimate of drug-likeness (QED) is 0.784. The average Bonchev–Trinajstić information content (AvgIpc) is 3.26. The number of aryl methyl sites for hydroxylation is 1. The molecule has 1 aliphatic heterocycles. The molecule has 0 spiro atoms. The maximum atomic E-state index is 5.46. The van der Waals surface area contributed by atoms with Gasteiger partial charge in [-0.1, -0.05) is 5.16 Å². The number of aromatic nitrogens is 6. The summed E-state index contributed by atoms with van der Waals surface area (Å²) in [4.78, 5) is 15.4. The predicted octanol–water partition coefficient (Wildman–Crippen LogP) is 1.88. The van der Waals surface area contributed by atoms with Crippen LogP contribution in [0, 0.1) is 6.92 Å². The van der Waals surface area contributed by atoms with Crippen molar-refractivity contribution in [3.63, 3.8) is 0 Å². The lowest BCUT2D eigenvalue weighted by molar-refractivity contribution is 0.351. The second-order valence-corrected chi connectivity index (χ2v) is 6.10. The third-order valence-electron chi connectivity index (χ3n) is 3.65. The Balaban J connectivity index is 1.53. The van der Waals surface area contributed by atoms with Gasteiger partial charge in [-0.2, -0.15) is 10.1 Å². The molecule has 0 saturated carbocycles. The van der Waals surface area contributed by atoms with Gasteiger partial charge in [-0.3, -0.25) is 5.10 Å². The molecule has 0 radical (unpaired) electrons. The lowest BCUT2D eigenvalue weighted by Gasteiger charge is -2.20. The molecule has 1 fully saturated rings. The average molecular weight is 317 g/mol. The number of hydrogen-bond donors (Lipinski definition) is 1. The number of hydrogen-bond acceptors (Lipinski definition) is 8. The van der Waals surface area contributed by atoms with Gasteiger partial charge in [-0.05, 0) is 19.8 Å². The molecular weight excluding hydrogens is 302 g/mol. The first-order chi connectivity index (χ1) is 10.8. The van der Waals surface area contributed by atoms with Crippen LogP contribution in [-0.4, -0.2) is 36.9 Å². The van der Waals surface area contributed by atoms with Crippen molar-refractivity contribution < 1.29 is 4.52 Å². The van der Waals surface area contributed by atoms with Gasteiger partial charge in [0.05, 0.1) is 6.42 Å². The topological polar surface area (TPSA) is 96.6 Å². The van der Waals surface area contributed by atoms with E-state index in [0.29, 0.717) is 24.0 Å². The molecule has 0 amide bonds. The highest BCUT2D eigenvalue weighted by Crippen LogP contribution is 2.36. The number of nitrogens with one attached hydrogen (secondary N) is 1. The first-order valence-corrected chi connectivity index (χ1v) is 8.04. The van der Waals surface area contributed by atoms with Gasteiger partial charge in [0.25, 0.3) is 0 Å². The molecule has 4 heterocycles. The number of thiazole rings is 1. The summed E-state index contributed by atoms with van der Waals surface area (Å²) < 4.78 is 5.46. The van der Waals surface area contributed by atoms with Crippen LogP contribution in [-0.2, 0) is 6.42 Å². The molecule has 0 bridgehead atoms. The monoisotopic (exact) mass is 317 g/mol. The van der Waals surface area contributed by atoms with Crippen molar-refractivity contribution in [3.8, 4) is 0 Å². The van der Waals surface area contributed by atoms with Crippen LogP contribution < -0.4 is 4.90 Å². The smallest absolute Gasteiger partial charge is 0.249 e. The van der Waals surface area contributed by atoms with Gasteiger partial charge < -0.3 is 9.42 Å². The van der Waals surface area contributed by atoms with Gasteiger partial charge in [-0.15, -0.1) is 11.3 Å². The third kappa shape index (κ3) is 2.47. The van der Waals surface area contributed by atoms with E-state index in [1.165, 1.54) is 0 Å². The van der Waals surface area contributed by atoms with Gasteiger partial charge >= 0.3 is 0 Å². The summed E-state index contributed by atoms with van der Waals surface area (Å²) in [7, 11) is 0. The number of nitrogens with zero attached hydrogens (tertiary/aromatic N) is 6. The molecule has 3 aromatic rings. The summed E-state index contributed by atoms with van der Waals surface area (Å²) >= 11 is 1.63. The van der Waals surface area contributed by atoms with Crippen molar-refractivity contribution in [1.29, 1.82) is 0 Å². The summed E-state index contributed by atoms with van der Waals surface area (Å²) in [6, 6.07) is 0.112. The van der Waals surface area contributed by atoms with Gasteiger partial charge in [-0.25, -0.2) is 9.97 Å². The first-order valence-electron chi connectivity index (χ1n) is 7.16. The normalized spacial score (nSPS) is 18.2. The number of rotatable bonds is 4. The highest BCUT2D eigenvalue weighted by molar-refractivity contribution is 7.13. The maximum Gasteiger partial charge on any atom is 0.249 e. The maximum absolute atomic E-state index is 5.46. The van der Waals surface area contributed by atoms with Gasteiger partial charge in [0.1, 0.15) is 11.9 Å². The Morgan fingerprint density at radius 3 is 3.14 bits per heavy atom. The molecule has 0 aliphatic carbocycles. The van der Waals surface area contributed by atoms with E-state index in [1.807, 2.05) is 18.5 Å². The lowest BCUT2D eigenvalue weighted by Crippen LogP contribution is -2.22. The molecule has 4 rings (SSSR count). The predicted molar refractivity (Wildman–Crippen MR) is 79.7 cm³/mol. The zero-order valence-corrected chi connectivity index (χ0v) is 12.9. The number of aromatic amines is 1. The van der Waals surface area contributed by atoms with E-state index in [-0.39, 0.29) is 6.04 Å². The van der Waals surface area contributed by atoms with Crippen LogP contribution in [0.5, 0.6) is 0 Å². The van der Waals surface area contributed by atoms with E-state index in [2.05, 4.69) is 35.2 Å². The molecule has 3 aromatic heterocycles. The standard InChI is InChI=1S/C13H15N7OS/c1-8-15-10(18-17-8)7-11-16-12(21-19-11)9-3-2-5-20(9)13-14-4-6-22-13/h4,6,9H,2-3,5,7H2,1H3,(H,15,17,18). The zero-order chi connectivity index (χ0) is 14.9. The van der Waals surface area contributed by atoms with Crippen LogP contribution in [0.25, 0.3) is 0 Å². The van der Waals surface area contributed by atoms with Crippen molar-refractivity contribution in [2.75, 3.05) is 11.4 Å². The van der Waals surface area contributed by atoms with Gasteiger partial charge in [0.15, 0.2) is 16.8 Å². The Hall–Kier alpha value is -2.29. The van der Waals surface area contributed by atoms with Gasteiger partial charge in [0, 0.05) is 18.1 Å². The highest BCUT2D eigenvalue weighted by atomic mass is 32.1. The SMILES string of the molecule is Cc1nc(Cc2noc(C3CCCN3c3nccs3)n2)n[nH]1. The second-order valence-electron chi connectivity index (χ2n) is 5.23. The minimum Gasteiger partial charge on any atom is -0.337 e. The van der Waals surface area contributed by atoms with E-state index in [4.69, 9.17) is 4.52 Å². The molecule has 0 aromatic carbocycles. The van der Waals surface area contributed by atoms with Crippen molar-refractivity contribution in [1.82, 2.24) is 30.3 Å². The Morgan fingerprint density at radius 2 is 2.36 bits per heavy atom. The van der Waals surface area contributed by atoms with Crippen molar-refractivity contribution in [3.05, 3.63) is 34.9 Å². The third-order valence-corrected chi connectivity index (χ3v) is 4.45. The summed E-state index contributed by atoms with van der Waals surface area (Å²) in [5.41, 5.74) is 0. The minimum absolute atomic E-state index is 0.112. The van der Waals surface area contributed by atoms with E-state index in [0.717, 1.165) is 30.3 Å². The fourth-order valence-electron chi connectivity index (χ4n) is 2.69. The lowest BCUT2D eigenvalue weighted by atomic mass is 10.2. The summed E-state index contributed by atoms with van der Waals surface area (Å²) in [6.07, 6.45) is 4.39. The largest absolute Gasteiger partial charge is 0.337 e. The van der Waals surface area contributed by atoms with E-state index >= 15 is 0 Å². The molecule has 114 valence electrons. The second kappa shape index (κ2) is 5.48. The van der Waals surface area contributed by atoms with Crippen molar-refractivity contribution >= 4 is 16.5 Å². The molecule has 22 heavy (non-hydrogen) atoms. The molecule has 1 unspecified atom stereocenters. The van der Waals surface area contributed by atoms with E-state index in [1.54, 1.807) is 11.3 Å². The van der Waals surface area contributed by atoms with Crippen LogP contribution in [0.3, 0.4) is 0 Å². The fourth-order valence-corrected chi connectivity index (χ4v) is 3.41. The van der Waals surface area contributed by atoms with Crippen LogP contribution in [0.2, 0.25) is 0 Å². The number of anilines is 1. The summed E-state index contributed by atoms with van der Waals surface area (Å²) in [6.45, 7) is 2.83. The Morgan fingerprint density at radius 1 is 1.41 bits per heavy atom. The van der Waals surface area contributed by atoms with Crippen molar-refractivity contribution in [2.45, 2.75) is 32.2 Å². The first kappa shape index (κ1) is 13.4. The van der Waals surface area contributed by atoms with Gasteiger partial charge in [0.2, 0.25) is 5.89 Å². The minimum atomic E-state index is 0.112. The van der Waals surface area contributed by atoms with Crippen molar-refractivity contribution in [2.24, 2.45) is 0 Å². The number of H-pyrrole nitrogens is 1. The molecule has 1 aliphatic rings. The van der Waals surface area contributed by atoms with Crippen LogP contribution in [0.4, 0.5) is 5.13 Å². The fraction of sp³-hybridized carbons (Fsp3) is 0.462.